The third kappa shape index (κ3) is 2.74. The van der Waals surface area contributed by atoms with Crippen LogP contribution < -0.4 is 19.4 Å². The lowest BCUT2D eigenvalue weighted by atomic mass is 10.3. The van der Waals surface area contributed by atoms with Crippen LogP contribution in [0.5, 0.6) is 11.5 Å². The monoisotopic (exact) mass is 350 g/mol. The van der Waals surface area contributed by atoms with Crippen LogP contribution in [0.25, 0.3) is 0 Å². The molecule has 116 valence electrons. The Morgan fingerprint density at radius 2 is 1.41 bits per heavy atom. The van der Waals surface area contributed by atoms with Crippen LogP contribution in [0.3, 0.4) is 0 Å². The fraction of sp³-hybridized carbons (Fsp3) is 0.250. The molecule has 1 aliphatic heterocycles. The van der Waals surface area contributed by atoms with Crippen LogP contribution in [-0.4, -0.2) is 14.7 Å². The van der Waals surface area contributed by atoms with Crippen molar-refractivity contribution >= 4 is 37.0 Å². The molecular weight excluding hydrogens is 331 g/mol. The molecule has 2 aromatic rings. The molecule has 22 heavy (non-hydrogen) atoms. The molecule has 2 aromatic carbocycles. The van der Waals surface area contributed by atoms with Gasteiger partial charge in [-0.2, -0.15) is 0 Å². The Bertz CT molecular complexity index is 692. The number of fused-ring (bicyclic) bond motifs is 2. The number of benzene rings is 2. The van der Waals surface area contributed by atoms with Gasteiger partial charge >= 0.3 is 6.72 Å². The van der Waals surface area contributed by atoms with Crippen molar-refractivity contribution in [2.24, 2.45) is 0 Å². The Kier molecular flexibility index (Phi) is 4.16. The molecule has 0 bridgehead atoms. The van der Waals surface area contributed by atoms with E-state index in [9.17, 15) is 0 Å². The lowest BCUT2D eigenvalue weighted by Gasteiger charge is -2.34. The minimum Gasteiger partial charge on any atom is -0.416 e. The maximum absolute atomic E-state index is 6.07. The largest absolute Gasteiger partial charge is 0.434 e. The van der Waals surface area contributed by atoms with Crippen LogP contribution in [0.2, 0.25) is 13.1 Å². The van der Waals surface area contributed by atoms with Gasteiger partial charge in [0.15, 0.2) is 0 Å². The smallest absolute Gasteiger partial charge is 0.416 e. The van der Waals surface area contributed by atoms with E-state index in [2.05, 4.69) is 25.2 Å². The van der Waals surface area contributed by atoms with E-state index in [1.165, 1.54) is 10.4 Å². The molecule has 3 nitrogen and oxygen atoms in total. The second-order valence-corrected chi connectivity index (χ2v) is 12.9. The third-order valence-corrected chi connectivity index (χ3v) is 9.53. The Balaban J connectivity index is 2.25. The van der Waals surface area contributed by atoms with Gasteiger partial charge in [0, 0.05) is 11.8 Å². The van der Waals surface area contributed by atoms with Gasteiger partial charge in [0.1, 0.15) is 19.6 Å². The van der Waals surface area contributed by atoms with Crippen LogP contribution in [0.4, 0.5) is 0 Å². The third-order valence-electron chi connectivity index (χ3n) is 3.83. The first-order valence-electron chi connectivity index (χ1n) is 7.29. The van der Waals surface area contributed by atoms with Crippen molar-refractivity contribution in [2.45, 2.75) is 20.0 Å². The van der Waals surface area contributed by atoms with Gasteiger partial charge in [-0.25, -0.2) is 0 Å². The first kappa shape index (κ1) is 15.8. The molecule has 0 N–H and O–H groups in total. The highest BCUT2D eigenvalue weighted by molar-refractivity contribution is 8.07. The van der Waals surface area contributed by atoms with E-state index >= 15 is 0 Å². The van der Waals surface area contributed by atoms with Crippen molar-refractivity contribution in [3.05, 3.63) is 48.5 Å². The summed E-state index contributed by atoms with van der Waals surface area (Å²) >= 11 is 5.59. The van der Waals surface area contributed by atoms with E-state index in [4.69, 9.17) is 25.4 Å². The highest BCUT2D eigenvalue weighted by atomic mass is 32.5. The number of rotatable bonds is 2. The summed E-state index contributed by atoms with van der Waals surface area (Å²) < 4.78 is 17.8. The first-order valence-corrected chi connectivity index (χ1v) is 12.8. The molecule has 0 spiro atoms. The molecule has 0 atom stereocenters. The maximum atomic E-state index is 6.07. The van der Waals surface area contributed by atoms with E-state index in [0.717, 1.165) is 11.5 Å². The second kappa shape index (κ2) is 5.82. The second-order valence-electron chi connectivity index (χ2n) is 5.66. The molecule has 0 unspecified atom stereocenters. The normalized spacial score (nSPS) is 18.0. The van der Waals surface area contributed by atoms with Crippen LogP contribution >= 0.6 is 6.72 Å². The predicted molar refractivity (Wildman–Crippen MR) is 96.8 cm³/mol. The number of hydrogen-bond acceptors (Lipinski definition) is 4. The Labute approximate surface area is 137 Å². The lowest BCUT2D eigenvalue weighted by Crippen LogP contribution is -2.54. The highest BCUT2D eigenvalue weighted by Gasteiger charge is 2.38. The molecule has 1 aliphatic rings. The van der Waals surface area contributed by atoms with Gasteiger partial charge in [0.05, 0.1) is 6.61 Å². The van der Waals surface area contributed by atoms with E-state index in [1.807, 2.05) is 43.3 Å². The van der Waals surface area contributed by atoms with E-state index < -0.39 is 14.8 Å². The summed E-state index contributed by atoms with van der Waals surface area (Å²) in [5, 5.41) is 2.44. The first-order chi connectivity index (χ1) is 10.5. The summed E-state index contributed by atoms with van der Waals surface area (Å²) in [4.78, 5) is 0. The van der Waals surface area contributed by atoms with Gasteiger partial charge in [0.25, 0.3) is 0 Å². The van der Waals surface area contributed by atoms with Crippen molar-refractivity contribution in [3.63, 3.8) is 0 Å². The topological polar surface area (TPSA) is 27.7 Å². The molecule has 3 rings (SSSR count). The molecule has 0 saturated heterocycles. The van der Waals surface area contributed by atoms with Crippen molar-refractivity contribution < 1.29 is 13.6 Å². The fourth-order valence-electron chi connectivity index (χ4n) is 2.74. The average molecular weight is 350 g/mol. The summed E-state index contributed by atoms with van der Waals surface area (Å²) in [6.07, 6.45) is 0. The maximum Gasteiger partial charge on any atom is 0.434 e. The van der Waals surface area contributed by atoms with E-state index in [0.29, 0.717) is 6.61 Å². The molecule has 1 heterocycles. The minimum absolute atomic E-state index is 0.461. The molecule has 0 saturated carbocycles. The number of para-hydroxylation sites is 2. The van der Waals surface area contributed by atoms with Gasteiger partial charge in [-0.15, -0.1) is 0 Å². The van der Waals surface area contributed by atoms with Crippen LogP contribution in [0, 0.1) is 0 Å². The summed E-state index contributed by atoms with van der Waals surface area (Å²) in [6.45, 7) is 4.11. The van der Waals surface area contributed by atoms with Crippen LogP contribution in [-0.2, 0) is 16.3 Å². The fourth-order valence-corrected chi connectivity index (χ4v) is 7.79. The molecule has 0 aromatic heterocycles. The molecule has 0 fully saturated rings. The van der Waals surface area contributed by atoms with Crippen molar-refractivity contribution in [2.75, 3.05) is 6.61 Å². The van der Waals surface area contributed by atoms with Gasteiger partial charge in [-0.1, -0.05) is 49.5 Å². The molecule has 0 amide bonds. The standard InChI is InChI=1S/C16H19O3PSSi/c1-4-17-20(21)18-13-9-5-7-11-15(13)22(2,3)16-12-8-6-10-14(16)19-20/h5-12H,4H2,1-3H3. The van der Waals surface area contributed by atoms with Gasteiger partial charge < -0.3 is 9.05 Å². The van der Waals surface area contributed by atoms with E-state index in [1.54, 1.807) is 0 Å². The zero-order valence-electron chi connectivity index (χ0n) is 12.9. The molecule has 0 aliphatic carbocycles. The van der Waals surface area contributed by atoms with Crippen molar-refractivity contribution in [1.29, 1.82) is 0 Å². The Hall–Kier alpha value is -1.13. The van der Waals surface area contributed by atoms with Crippen molar-refractivity contribution in [3.8, 4) is 11.5 Å². The molecule has 6 heteroatoms. The predicted octanol–water partition coefficient (Wildman–Crippen LogP) is 3.54. The molecular formula is C16H19O3PSSi. The van der Waals surface area contributed by atoms with Gasteiger partial charge in [-0.3, -0.25) is 4.52 Å². The summed E-state index contributed by atoms with van der Waals surface area (Å²) in [5.74, 6) is 1.59. The van der Waals surface area contributed by atoms with Crippen LogP contribution in [0.15, 0.2) is 48.5 Å². The van der Waals surface area contributed by atoms with Gasteiger partial charge in [-0.05, 0) is 29.4 Å². The number of hydrogen-bond donors (Lipinski definition) is 0. The Morgan fingerprint density at radius 1 is 0.955 bits per heavy atom. The van der Waals surface area contributed by atoms with Crippen molar-refractivity contribution in [1.82, 2.24) is 0 Å². The van der Waals surface area contributed by atoms with Gasteiger partial charge in [0.2, 0.25) is 0 Å². The summed E-state index contributed by atoms with van der Waals surface area (Å²) in [7, 11) is -1.93. The zero-order valence-corrected chi connectivity index (χ0v) is 15.6. The zero-order chi connectivity index (χ0) is 15.8. The molecule has 0 radical (unpaired) electrons. The quantitative estimate of drug-likeness (QED) is 0.612. The highest BCUT2D eigenvalue weighted by Crippen LogP contribution is 2.50. The SMILES string of the molecule is CCOP1(=S)Oc2ccccc2[Si](C)(C)c2ccccc2O1. The van der Waals surface area contributed by atoms with E-state index in [-0.39, 0.29) is 0 Å². The Morgan fingerprint density at radius 3 is 1.86 bits per heavy atom. The van der Waals surface area contributed by atoms with Crippen LogP contribution in [0.1, 0.15) is 6.92 Å². The average Bonchev–Trinajstić information content (AvgIpc) is 2.47. The lowest BCUT2D eigenvalue weighted by molar-refractivity contribution is 0.277. The minimum atomic E-state index is -2.85. The summed E-state index contributed by atoms with van der Waals surface area (Å²) in [5.41, 5.74) is 0. The summed E-state index contributed by atoms with van der Waals surface area (Å²) in [6, 6.07) is 16.2.